The number of ether oxygens (including phenoxy) is 2. The molecule has 7 heteroatoms. The molecule has 1 saturated heterocycles. The lowest BCUT2D eigenvalue weighted by Gasteiger charge is -2.33. The maximum absolute atomic E-state index is 12.2. The fourth-order valence-electron chi connectivity index (χ4n) is 2.69. The molecule has 1 aromatic carbocycles. The molecule has 0 radical (unpaired) electrons. The number of rotatable bonds is 5. The van der Waals surface area contributed by atoms with Gasteiger partial charge >= 0.3 is 6.36 Å². The van der Waals surface area contributed by atoms with E-state index in [0.717, 1.165) is 19.4 Å². The summed E-state index contributed by atoms with van der Waals surface area (Å²) >= 11 is 0. The van der Waals surface area contributed by atoms with Gasteiger partial charge in [-0.1, -0.05) is 26.0 Å². The van der Waals surface area contributed by atoms with Gasteiger partial charge in [0.2, 0.25) is 5.91 Å². The molecule has 1 heterocycles. The number of benzene rings is 1. The van der Waals surface area contributed by atoms with Gasteiger partial charge in [0.25, 0.3) is 0 Å². The Morgan fingerprint density at radius 1 is 1.38 bits per heavy atom. The highest BCUT2D eigenvalue weighted by molar-refractivity contribution is 5.78. The molecule has 24 heavy (non-hydrogen) atoms. The first-order valence-corrected chi connectivity index (χ1v) is 7.99. The van der Waals surface area contributed by atoms with Crippen molar-refractivity contribution in [2.75, 3.05) is 13.1 Å². The molecular weight excluding hydrogens is 323 g/mol. The Morgan fingerprint density at radius 3 is 2.79 bits per heavy atom. The number of hydrogen-bond donors (Lipinski definition) is 0. The first-order valence-electron chi connectivity index (χ1n) is 7.99. The molecule has 0 saturated carbocycles. The summed E-state index contributed by atoms with van der Waals surface area (Å²) in [4.78, 5) is 13.8. The Labute approximate surface area is 139 Å². The first-order chi connectivity index (χ1) is 11.2. The Morgan fingerprint density at radius 2 is 2.12 bits per heavy atom. The van der Waals surface area contributed by atoms with Crippen molar-refractivity contribution in [1.29, 1.82) is 0 Å². The second kappa shape index (κ2) is 7.88. The second-order valence-electron chi connectivity index (χ2n) is 6.21. The summed E-state index contributed by atoms with van der Waals surface area (Å²) in [6.07, 6.45) is -3.12. The summed E-state index contributed by atoms with van der Waals surface area (Å²) in [7, 11) is 0. The van der Waals surface area contributed by atoms with Gasteiger partial charge < -0.3 is 14.4 Å². The fraction of sp³-hybridized carbons (Fsp3) is 0.588. The number of carbonyl (C=O) groups is 1. The van der Waals surface area contributed by atoms with Gasteiger partial charge in [-0.05, 0) is 30.5 Å². The third kappa shape index (κ3) is 5.70. The third-order valence-corrected chi connectivity index (χ3v) is 3.80. The minimum atomic E-state index is -4.71. The van der Waals surface area contributed by atoms with Crippen LogP contribution in [0.5, 0.6) is 5.75 Å². The number of halogens is 3. The van der Waals surface area contributed by atoms with E-state index in [1.165, 1.54) is 18.2 Å². The molecule has 1 amide bonds. The van der Waals surface area contributed by atoms with Crippen molar-refractivity contribution in [2.45, 2.75) is 45.8 Å². The Bertz CT molecular complexity index is 560. The van der Waals surface area contributed by atoms with Crippen LogP contribution in [0, 0.1) is 5.92 Å². The minimum absolute atomic E-state index is 0.0556. The molecular formula is C17H22F3NO3. The highest BCUT2D eigenvalue weighted by Gasteiger charge is 2.31. The van der Waals surface area contributed by atoms with Crippen LogP contribution in [-0.4, -0.2) is 36.4 Å². The van der Waals surface area contributed by atoms with E-state index in [9.17, 15) is 18.0 Å². The number of carbonyl (C=O) groups excluding carboxylic acids is 1. The third-order valence-electron chi connectivity index (χ3n) is 3.80. The van der Waals surface area contributed by atoms with Gasteiger partial charge in [0, 0.05) is 19.0 Å². The number of amides is 1. The van der Waals surface area contributed by atoms with Crippen molar-refractivity contribution in [3.63, 3.8) is 0 Å². The van der Waals surface area contributed by atoms with E-state index < -0.39 is 6.36 Å². The molecule has 0 bridgehead atoms. The summed E-state index contributed by atoms with van der Waals surface area (Å²) in [6, 6.07) is 5.74. The van der Waals surface area contributed by atoms with Gasteiger partial charge in [0.15, 0.2) is 0 Å². The van der Waals surface area contributed by atoms with Gasteiger partial charge in [-0.15, -0.1) is 13.2 Å². The van der Waals surface area contributed by atoms with Crippen LogP contribution >= 0.6 is 0 Å². The summed E-state index contributed by atoms with van der Waals surface area (Å²) < 4.78 is 46.4. The monoisotopic (exact) mass is 345 g/mol. The van der Waals surface area contributed by atoms with Gasteiger partial charge in [0.1, 0.15) is 5.75 Å². The van der Waals surface area contributed by atoms with E-state index in [-0.39, 0.29) is 30.3 Å². The van der Waals surface area contributed by atoms with Gasteiger partial charge in [-0.25, -0.2) is 0 Å². The predicted octanol–water partition coefficient (Wildman–Crippen LogP) is 3.75. The first kappa shape index (κ1) is 18.6. The molecule has 0 spiro atoms. The van der Waals surface area contributed by atoms with Gasteiger partial charge in [0.05, 0.1) is 12.7 Å². The molecule has 2 rings (SSSR count). The Balaban J connectivity index is 1.89. The molecule has 134 valence electrons. The summed E-state index contributed by atoms with van der Waals surface area (Å²) in [5, 5.41) is 0. The van der Waals surface area contributed by atoms with E-state index in [1.54, 1.807) is 11.0 Å². The van der Waals surface area contributed by atoms with E-state index in [2.05, 4.69) is 4.74 Å². The molecule has 1 atom stereocenters. The second-order valence-corrected chi connectivity index (χ2v) is 6.21. The largest absolute Gasteiger partial charge is 0.573 e. The van der Waals surface area contributed by atoms with Crippen LogP contribution in [-0.2, 0) is 16.1 Å². The Hall–Kier alpha value is -1.76. The maximum Gasteiger partial charge on any atom is 0.573 e. The molecule has 1 aliphatic heterocycles. The van der Waals surface area contributed by atoms with Crippen LogP contribution in [0.1, 0.15) is 32.3 Å². The summed E-state index contributed by atoms with van der Waals surface area (Å²) in [5.74, 6) is -0.215. The van der Waals surface area contributed by atoms with E-state index in [0.29, 0.717) is 12.1 Å². The van der Waals surface area contributed by atoms with E-state index >= 15 is 0 Å². The molecule has 1 fully saturated rings. The maximum atomic E-state index is 12.2. The van der Waals surface area contributed by atoms with Crippen LogP contribution in [0.15, 0.2) is 24.3 Å². The van der Waals surface area contributed by atoms with Crippen LogP contribution in [0.2, 0.25) is 0 Å². The topological polar surface area (TPSA) is 38.8 Å². The van der Waals surface area contributed by atoms with Crippen molar-refractivity contribution < 1.29 is 27.4 Å². The molecule has 4 nitrogen and oxygen atoms in total. The van der Waals surface area contributed by atoms with Crippen molar-refractivity contribution in [1.82, 2.24) is 4.90 Å². The number of alkyl halides is 3. The SMILES string of the molecule is CC(C)C(=O)N1CCC[C@H](OCc2cccc(OC(F)(F)F)c2)C1. The normalized spacial score (nSPS) is 18.8. The number of nitrogens with zero attached hydrogens (tertiary/aromatic N) is 1. The van der Waals surface area contributed by atoms with Crippen LogP contribution < -0.4 is 4.74 Å². The van der Waals surface area contributed by atoms with E-state index in [4.69, 9.17) is 4.74 Å². The lowest BCUT2D eigenvalue weighted by Crippen LogP contribution is -2.44. The number of piperidine rings is 1. The fourth-order valence-corrected chi connectivity index (χ4v) is 2.69. The minimum Gasteiger partial charge on any atom is -0.406 e. The quantitative estimate of drug-likeness (QED) is 0.816. The van der Waals surface area contributed by atoms with Crippen molar-refractivity contribution in [3.8, 4) is 5.75 Å². The zero-order valence-electron chi connectivity index (χ0n) is 13.8. The van der Waals surface area contributed by atoms with E-state index in [1.807, 2.05) is 13.8 Å². The zero-order valence-corrected chi connectivity index (χ0v) is 13.8. The summed E-state index contributed by atoms with van der Waals surface area (Å²) in [6.45, 7) is 5.16. The summed E-state index contributed by atoms with van der Waals surface area (Å²) in [5.41, 5.74) is 0.601. The van der Waals surface area contributed by atoms with Crippen molar-refractivity contribution in [3.05, 3.63) is 29.8 Å². The molecule has 1 aromatic rings. The lowest BCUT2D eigenvalue weighted by molar-refractivity contribution is -0.274. The van der Waals surface area contributed by atoms with Crippen LogP contribution in [0.3, 0.4) is 0 Å². The molecule has 0 aromatic heterocycles. The van der Waals surface area contributed by atoms with Crippen LogP contribution in [0.4, 0.5) is 13.2 Å². The average molecular weight is 345 g/mol. The Kier molecular flexibility index (Phi) is 6.10. The van der Waals surface area contributed by atoms with Crippen molar-refractivity contribution in [2.24, 2.45) is 5.92 Å². The van der Waals surface area contributed by atoms with Gasteiger partial charge in [-0.2, -0.15) is 0 Å². The predicted molar refractivity (Wildman–Crippen MR) is 82.4 cm³/mol. The number of hydrogen-bond acceptors (Lipinski definition) is 3. The van der Waals surface area contributed by atoms with Gasteiger partial charge in [-0.3, -0.25) is 4.79 Å². The lowest BCUT2D eigenvalue weighted by atomic mass is 10.1. The van der Waals surface area contributed by atoms with Crippen LogP contribution in [0.25, 0.3) is 0 Å². The molecule has 0 aliphatic carbocycles. The number of likely N-dealkylation sites (tertiary alicyclic amines) is 1. The highest BCUT2D eigenvalue weighted by Crippen LogP contribution is 2.24. The molecule has 0 unspecified atom stereocenters. The average Bonchev–Trinajstić information content (AvgIpc) is 2.51. The zero-order chi connectivity index (χ0) is 17.7. The highest BCUT2D eigenvalue weighted by atomic mass is 19.4. The van der Waals surface area contributed by atoms with Crippen molar-refractivity contribution >= 4 is 5.91 Å². The molecule has 0 N–H and O–H groups in total. The molecule has 1 aliphatic rings. The smallest absolute Gasteiger partial charge is 0.406 e. The standard InChI is InChI=1S/C17H22F3NO3/c1-12(2)16(22)21-8-4-7-15(10-21)23-11-13-5-3-6-14(9-13)24-17(18,19)20/h3,5-6,9,12,15H,4,7-8,10-11H2,1-2H3/t15-/m0/s1.